The molecule has 1 rings (SSSR count). The minimum Gasteiger partial charge on any atom is -0.260 e. The molecule has 0 aromatic heterocycles. The first kappa shape index (κ1) is 13.1. The average Bonchev–Trinajstić information content (AvgIpc) is 2.17. The molecule has 0 N–H and O–H groups in total. The Labute approximate surface area is 87.7 Å². The molecule has 3 nitrogen and oxygen atoms in total. The normalized spacial score (nSPS) is 47.2. The fraction of sp³-hybridized carbons (Fsp3) is 1.00. The molecule has 11 heteroatoms. The van der Waals surface area contributed by atoms with E-state index in [-0.39, 0.29) is 0 Å². The Kier molecular flexibility index (Phi) is 2.85. The number of alkyl halides is 7. The second-order valence-corrected chi connectivity index (χ2v) is 3.34. The zero-order chi connectivity index (χ0) is 12.1. The zero-order valence-corrected chi connectivity index (χ0v) is 7.76. The lowest BCUT2D eigenvalue weighted by molar-refractivity contribution is -0.497. The molecule has 0 aromatic rings. The SMILES string of the molecule is FOC(F)(F)C1(F)OC(F)(Cl)C(F)(Cl)O1. The summed E-state index contributed by atoms with van der Waals surface area (Å²) in [5, 5.41) is -8.55. The lowest BCUT2D eigenvalue weighted by atomic mass is 10.5. The topological polar surface area (TPSA) is 27.7 Å². The molecule has 1 aliphatic heterocycles. The summed E-state index contributed by atoms with van der Waals surface area (Å²) in [5.41, 5.74) is 0. The zero-order valence-electron chi connectivity index (χ0n) is 6.25. The van der Waals surface area contributed by atoms with Crippen molar-refractivity contribution in [3.05, 3.63) is 0 Å². The Morgan fingerprint density at radius 1 is 1.00 bits per heavy atom. The fourth-order valence-corrected chi connectivity index (χ4v) is 0.910. The molecule has 0 radical (unpaired) electrons. The summed E-state index contributed by atoms with van der Waals surface area (Å²) in [7, 11) is 0. The maximum atomic E-state index is 12.9. The van der Waals surface area contributed by atoms with Crippen molar-refractivity contribution < 1.29 is 40.9 Å². The quantitative estimate of drug-likeness (QED) is 0.575. The van der Waals surface area contributed by atoms with Gasteiger partial charge in [-0.25, -0.2) is 0 Å². The van der Waals surface area contributed by atoms with Crippen molar-refractivity contribution in [1.29, 1.82) is 0 Å². The van der Waals surface area contributed by atoms with Crippen LogP contribution in [0, 0.1) is 0 Å². The first-order chi connectivity index (χ1) is 6.47. The summed E-state index contributed by atoms with van der Waals surface area (Å²) in [6, 6.07) is -4.94. The van der Waals surface area contributed by atoms with E-state index < -0.39 is 22.8 Å². The third-order valence-electron chi connectivity index (χ3n) is 1.30. The van der Waals surface area contributed by atoms with E-state index in [2.05, 4.69) is 32.7 Å². The highest BCUT2D eigenvalue weighted by molar-refractivity contribution is 6.32. The molecule has 90 valence electrons. The monoisotopic (exact) mass is 280 g/mol. The Balaban J connectivity index is 3.04. The molecule has 1 heterocycles. The van der Waals surface area contributed by atoms with E-state index in [9.17, 15) is 26.5 Å². The molecule has 1 fully saturated rings. The predicted octanol–water partition coefficient (Wildman–Crippen LogP) is 2.87. The van der Waals surface area contributed by atoms with Crippen molar-refractivity contribution >= 4 is 23.2 Å². The highest BCUT2D eigenvalue weighted by Gasteiger charge is 2.79. The van der Waals surface area contributed by atoms with Gasteiger partial charge >= 0.3 is 22.8 Å². The van der Waals surface area contributed by atoms with Gasteiger partial charge in [0.1, 0.15) is 0 Å². The average molecular weight is 281 g/mol. The van der Waals surface area contributed by atoms with Crippen LogP contribution in [-0.4, -0.2) is 22.8 Å². The van der Waals surface area contributed by atoms with E-state index >= 15 is 0 Å². The van der Waals surface area contributed by atoms with Gasteiger partial charge in [0.15, 0.2) is 0 Å². The van der Waals surface area contributed by atoms with Gasteiger partial charge in [-0.3, -0.25) is 9.47 Å². The summed E-state index contributed by atoms with van der Waals surface area (Å²) in [6.45, 7) is 0. The molecule has 0 bridgehead atoms. The summed E-state index contributed by atoms with van der Waals surface area (Å²) >= 11 is 8.87. The molecule has 0 aromatic carbocycles. The number of hydrogen-bond acceptors (Lipinski definition) is 3. The van der Waals surface area contributed by atoms with E-state index in [1.54, 1.807) is 4.94 Å². The van der Waals surface area contributed by atoms with Gasteiger partial charge in [0.2, 0.25) is 0 Å². The van der Waals surface area contributed by atoms with Crippen molar-refractivity contribution in [3.63, 3.8) is 0 Å². The summed E-state index contributed by atoms with van der Waals surface area (Å²) in [4.78, 5) is 1.80. The molecule has 2 atom stereocenters. The van der Waals surface area contributed by atoms with Crippen LogP contribution in [0.15, 0.2) is 0 Å². The molecule has 1 aliphatic rings. The highest BCUT2D eigenvalue weighted by atomic mass is 35.5. The Bertz CT molecular complexity index is 255. The molecule has 0 aliphatic carbocycles. The largest absolute Gasteiger partial charge is 0.473 e. The Hall–Kier alpha value is 0.0400. The van der Waals surface area contributed by atoms with Crippen LogP contribution >= 0.6 is 23.2 Å². The van der Waals surface area contributed by atoms with E-state index in [1.165, 1.54) is 0 Å². The number of ether oxygens (including phenoxy) is 2. The molecular formula is C4Cl2F6O3. The van der Waals surface area contributed by atoms with Crippen LogP contribution in [0.1, 0.15) is 0 Å². The van der Waals surface area contributed by atoms with Crippen LogP contribution in [0.25, 0.3) is 0 Å². The molecule has 2 unspecified atom stereocenters. The van der Waals surface area contributed by atoms with E-state index in [0.717, 1.165) is 0 Å². The van der Waals surface area contributed by atoms with Gasteiger partial charge in [-0.2, -0.15) is 22.0 Å². The second-order valence-electron chi connectivity index (χ2n) is 2.37. The standard InChI is InChI=1S/C4Cl2F6O3/c5-1(7)2(6,8)14-4(11,13-1)3(9,10)15-12. The van der Waals surface area contributed by atoms with Gasteiger partial charge in [-0.1, -0.05) is 0 Å². The van der Waals surface area contributed by atoms with Gasteiger partial charge < -0.3 is 0 Å². The fourth-order valence-electron chi connectivity index (χ4n) is 0.634. The van der Waals surface area contributed by atoms with E-state index in [1.807, 2.05) is 0 Å². The van der Waals surface area contributed by atoms with Gasteiger partial charge in [-0.15, -0.1) is 4.94 Å². The van der Waals surface area contributed by atoms with Gasteiger partial charge in [0.05, 0.1) is 0 Å². The minimum absolute atomic E-state index is 1.80. The summed E-state index contributed by atoms with van der Waals surface area (Å²) < 4.78 is 80.0. The smallest absolute Gasteiger partial charge is 0.260 e. The molecule has 0 saturated carbocycles. The second kappa shape index (κ2) is 3.27. The van der Waals surface area contributed by atoms with Crippen molar-refractivity contribution in [2.75, 3.05) is 0 Å². The molecule has 15 heavy (non-hydrogen) atoms. The maximum Gasteiger partial charge on any atom is 0.473 e. The summed E-state index contributed by atoms with van der Waals surface area (Å²) in [5.74, 6) is 0. The van der Waals surface area contributed by atoms with Crippen LogP contribution in [0.3, 0.4) is 0 Å². The third kappa shape index (κ3) is 1.86. The van der Waals surface area contributed by atoms with E-state index in [4.69, 9.17) is 0 Å². The van der Waals surface area contributed by atoms with Crippen LogP contribution in [0.4, 0.5) is 26.5 Å². The van der Waals surface area contributed by atoms with Gasteiger partial charge in [0.25, 0.3) is 0 Å². The van der Waals surface area contributed by atoms with Gasteiger partial charge in [0, 0.05) is 0 Å². The lowest BCUT2D eigenvalue weighted by Gasteiger charge is -2.22. The molecule has 0 amide bonds. The van der Waals surface area contributed by atoms with Crippen molar-refractivity contribution in [1.82, 2.24) is 0 Å². The minimum atomic E-state index is -5.46. The van der Waals surface area contributed by atoms with Crippen LogP contribution in [0.2, 0.25) is 0 Å². The highest BCUT2D eigenvalue weighted by Crippen LogP contribution is 2.56. The Morgan fingerprint density at radius 3 is 1.60 bits per heavy atom. The molecule has 1 saturated heterocycles. The predicted molar refractivity (Wildman–Crippen MR) is 32.5 cm³/mol. The number of hydrogen-bond donors (Lipinski definition) is 0. The van der Waals surface area contributed by atoms with Crippen molar-refractivity contribution in [2.24, 2.45) is 0 Å². The third-order valence-corrected chi connectivity index (χ3v) is 2.04. The van der Waals surface area contributed by atoms with Crippen LogP contribution < -0.4 is 0 Å². The van der Waals surface area contributed by atoms with Gasteiger partial charge in [-0.05, 0) is 27.7 Å². The van der Waals surface area contributed by atoms with E-state index in [0.29, 0.717) is 0 Å². The lowest BCUT2D eigenvalue weighted by Crippen LogP contribution is -2.47. The molecule has 0 spiro atoms. The number of halogens is 8. The molecular weight excluding hydrogens is 281 g/mol. The van der Waals surface area contributed by atoms with Crippen LogP contribution in [0.5, 0.6) is 0 Å². The van der Waals surface area contributed by atoms with Crippen molar-refractivity contribution in [2.45, 2.75) is 22.8 Å². The maximum absolute atomic E-state index is 12.9. The van der Waals surface area contributed by atoms with Crippen molar-refractivity contribution in [3.8, 4) is 0 Å². The Morgan fingerprint density at radius 2 is 1.33 bits per heavy atom. The summed E-state index contributed by atoms with van der Waals surface area (Å²) in [6.07, 6.45) is -5.46. The first-order valence-corrected chi connectivity index (χ1v) is 3.75. The van der Waals surface area contributed by atoms with Crippen LogP contribution in [-0.2, 0) is 14.4 Å². The number of rotatable bonds is 2. The first-order valence-electron chi connectivity index (χ1n) is 3.00.